The molecular weight excluding hydrogens is 252 g/mol. The Morgan fingerprint density at radius 3 is 3.00 bits per heavy atom. The standard InChI is InChI=1S/C15H20N4O/c1-11(10-19-7-3-6-18-19)9-17-15(20)14-8-13(16)5-4-12(14)2/h3-8,11H,9-10,16H2,1-2H3,(H,17,20). The average molecular weight is 272 g/mol. The van der Waals surface area contributed by atoms with Gasteiger partial charge in [-0.05, 0) is 36.6 Å². The van der Waals surface area contributed by atoms with Gasteiger partial charge in [0.2, 0.25) is 0 Å². The van der Waals surface area contributed by atoms with Gasteiger partial charge in [0.05, 0.1) is 0 Å². The SMILES string of the molecule is Cc1ccc(N)cc1C(=O)NCC(C)Cn1cccn1. The minimum Gasteiger partial charge on any atom is -0.399 e. The Morgan fingerprint density at radius 1 is 1.50 bits per heavy atom. The second-order valence-corrected chi connectivity index (χ2v) is 5.12. The number of amides is 1. The van der Waals surface area contributed by atoms with Crippen LogP contribution in [0.4, 0.5) is 5.69 Å². The number of carbonyl (C=O) groups is 1. The van der Waals surface area contributed by atoms with Crippen molar-refractivity contribution in [2.45, 2.75) is 20.4 Å². The van der Waals surface area contributed by atoms with Crippen LogP contribution in [0.5, 0.6) is 0 Å². The van der Waals surface area contributed by atoms with Crippen molar-refractivity contribution in [3.05, 3.63) is 47.8 Å². The van der Waals surface area contributed by atoms with E-state index in [0.717, 1.165) is 12.1 Å². The first-order valence-corrected chi connectivity index (χ1v) is 6.68. The van der Waals surface area contributed by atoms with Gasteiger partial charge < -0.3 is 11.1 Å². The van der Waals surface area contributed by atoms with E-state index < -0.39 is 0 Å². The zero-order valence-electron chi connectivity index (χ0n) is 11.8. The summed E-state index contributed by atoms with van der Waals surface area (Å²) in [4.78, 5) is 12.1. The molecule has 1 aromatic carbocycles. The molecule has 0 aliphatic carbocycles. The van der Waals surface area contributed by atoms with Crippen LogP contribution in [0.1, 0.15) is 22.8 Å². The molecule has 0 fully saturated rings. The van der Waals surface area contributed by atoms with Crippen LogP contribution in [-0.2, 0) is 6.54 Å². The maximum Gasteiger partial charge on any atom is 0.251 e. The molecule has 0 saturated heterocycles. The molecule has 2 aromatic rings. The number of anilines is 1. The molecule has 2 rings (SSSR count). The van der Waals surface area contributed by atoms with E-state index in [1.54, 1.807) is 18.3 Å². The van der Waals surface area contributed by atoms with Crippen molar-refractivity contribution in [1.82, 2.24) is 15.1 Å². The third kappa shape index (κ3) is 3.60. The molecule has 0 aliphatic heterocycles. The number of benzene rings is 1. The van der Waals surface area contributed by atoms with Gasteiger partial charge in [0.25, 0.3) is 5.91 Å². The third-order valence-electron chi connectivity index (χ3n) is 3.18. The van der Waals surface area contributed by atoms with Crippen LogP contribution in [-0.4, -0.2) is 22.2 Å². The Bertz CT molecular complexity index is 578. The largest absolute Gasteiger partial charge is 0.399 e. The Labute approximate surface area is 118 Å². The van der Waals surface area contributed by atoms with E-state index in [1.165, 1.54) is 0 Å². The molecule has 1 unspecified atom stereocenters. The van der Waals surface area contributed by atoms with Gasteiger partial charge in [-0.15, -0.1) is 0 Å². The van der Waals surface area contributed by atoms with Crippen molar-refractivity contribution in [3.8, 4) is 0 Å². The Balaban J connectivity index is 1.90. The second kappa shape index (κ2) is 6.23. The molecule has 0 bridgehead atoms. The minimum atomic E-state index is -0.0814. The van der Waals surface area contributed by atoms with Gasteiger partial charge in [-0.25, -0.2) is 0 Å². The van der Waals surface area contributed by atoms with Gasteiger partial charge in [-0.1, -0.05) is 13.0 Å². The normalized spacial score (nSPS) is 12.1. The molecule has 1 amide bonds. The number of aryl methyl sites for hydroxylation is 1. The topological polar surface area (TPSA) is 72.9 Å². The molecule has 1 atom stereocenters. The quantitative estimate of drug-likeness (QED) is 0.816. The summed E-state index contributed by atoms with van der Waals surface area (Å²) in [7, 11) is 0. The van der Waals surface area contributed by atoms with Gasteiger partial charge >= 0.3 is 0 Å². The van der Waals surface area contributed by atoms with Gasteiger partial charge in [0.1, 0.15) is 0 Å². The number of hydrogen-bond acceptors (Lipinski definition) is 3. The number of nitrogens with one attached hydrogen (secondary N) is 1. The summed E-state index contributed by atoms with van der Waals surface area (Å²) in [5.41, 5.74) is 7.88. The summed E-state index contributed by atoms with van der Waals surface area (Å²) < 4.78 is 1.86. The molecule has 1 heterocycles. The number of nitrogens with two attached hydrogens (primary N) is 1. The number of nitrogen functional groups attached to an aromatic ring is 1. The smallest absolute Gasteiger partial charge is 0.251 e. The highest BCUT2D eigenvalue weighted by Gasteiger charge is 2.11. The van der Waals surface area contributed by atoms with Crippen LogP contribution < -0.4 is 11.1 Å². The molecule has 0 saturated carbocycles. The fourth-order valence-corrected chi connectivity index (χ4v) is 2.04. The molecule has 20 heavy (non-hydrogen) atoms. The Kier molecular flexibility index (Phi) is 4.40. The van der Waals surface area contributed by atoms with E-state index in [2.05, 4.69) is 17.3 Å². The molecule has 1 aromatic heterocycles. The molecule has 0 spiro atoms. The van der Waals surface area contributed by atoms with Gasteiger partial charge in [0, 0.05) is 36.7 Å². The first-order chi connectivity index (χ1) is 9.56. The van der Waals surface area contributed by atoms with Gasteiger partial charge in [-0.3, -0.25) is 9.48 Å². The van der Waals surface area contributed by atoms with Crippen LogP contribution in [0.25, 0.3) is 0 Å². The van der Waals surface area contributed by atoms with Crippen LogP contribution in [0.3, 0.4) is 0 Å². The first-order valence-electron chi connectivity index (χ1n) is 6.68. The maximum atomic E-state index is 12.1. The van der Waals surface area contributed by atoms with E-state index in [1.807, 2.05) is 29.9 Å². The molecule has 0 radical (unpaired) electrons. The highest BCUT2D eigenvalue weighted by atomic mass is 16.1. The summed E-state index contributed by atoms with van der Waals surface area (Å²) >= 11 is 0. The lowest BCUT2D eigenvalue weighted by molar-refractivity contribution is 0.0946. The van der Waals surface area contributed by atoms with Crippen LogP contribution in [0.2, 0.25) is 0 Å². The van der Waals surface area contributed by atoms with Gasteiger partial charge in [-0.2, -0.15) is 5.10 Å². The van der Waals surface area contributed by atoms with Crippen LogP contribution >= 0.6 is 0 Å². The average Bonchev–Trinajstić information content (AvgIpc) is 2.91. The highest BCUT2D eigenvalue weighted by Crippen LogP contribution is 2.12. The first kappa shape index (κ1) is 14.1. The lowest BCUT2D eigenvalue weighted by Crippen LogP contribution is -2.30. The Morgan fingerprint density at radius 2 is 2.30 bits per heavy atom. The summed E-state index contributed by atoms with van der Waals surface area (Å²) in [6.45, 7) is 5.37. The molecule has 106 valence electrons. The fourth-order valence-electron chi connectivity index (χ4n) is 2.04. The summed E-state index contributed by atoms with van der Waals surface area (Å²) in [5.74, 6) is 0.224. The minimum absolute atomic E-state index is 0.0814. The number of nitrogens with zero attached hydrogens (tertiary/aromatic N) is 2. The molecule has 5 nitrogen and oxygen atoms in total. The van der Waals surface area contributed by atoms with E-state index in [4.69, 9.17) is 5.73 Å². The number of rotatable bonds is 5. The molecule has 0 aliphatic rings. The van der Waals surface area contributed by atoms with Crippen molar-refractivity contribution in [2.75, 3.05) is 12.3 Å². The van der Waals surface area contributed by atoms with Crippen LogP contribution in [0, 0.1) is 12.8 Å². The van der Waals surface area contributed by atoms with Crippen LogP contribution in [0.15, 0.2) is 36.7 Å². The van der Waals surface area contributed by atoms with E-state index in [9.17, 15) is 4.79 Å². The summed E-state index contributed by atoms with van der Waals surface area (Å²) in [6, 6.07) is 7.26. The van der Waals surface area contributed by atoms with E-state index >= 15 is 0 Å². The number of aromatic nitrogens is 2. The van der Waals surface area contributed by atoms with Crippen molar-refractivity contribution >= 4 is 11.6 Å². The second-order valence-electron chi connectivity index (χ2n) is 5.12. The number of carbonyl (C=O) groups excluding carboxylic acids is 1. The summed E-state index contributed by atoms with van der Waals surface area (Å²) in [5, 5.41) is 7.10. The summed E-state index contributed by atoms with van der Waals surface area (Å²) in [6.07, 6.45) is 3.67. The molecular formula is C15H20N4O. The monoisotopic (exact) mass is 272 g/mol. The predicted octanol–water partition coefficient (Wildman–Crippen LogP) is 1.84. The van der Waals surface area contributed by atoms with Crippen molar-refractivity contribution in [1.29, 1.82) is 0 Å². The third-order valence-corrected chi connectivity index (χ3v) is 3.18. The molecule has 5 heteroatoms. The zero-order valence-corrected chi connectivity index (χ0v) is 11.8. The predicted molar refractivity (Wildman–Crippen MR) is 79.3 cm³/mol. The highest BCUT2D eigenvalue weighted by molar-refractivity contribution is 5.96. The maximum absolute atomic E-state index is 12.1. The molecule has 3 N–H and O–H groups in total. The van der Waals surface area contributed by atoms with E-state index in [0.29, 0.717) is 23.7 Å². The zero-order chi connectivity index (χ0) is 14.5. The van der Waals surface area contributed by atoms with Crippen molar-refractivity contribution in [2.24, 2.45) is 5.92 Å². The van der Waals surface area contributed by atoms with E-state index in [-0.39, 0.29) is 5.91 Å². The Hall–Kier alpha value is -2.30. The van der Waals surface area contributed by atoms with Gasteiger partial charge in [0.15, 0.2) is 0 Å². The fraction of sp³-hybridized carbons (Fsp3) is 0.333. The van der Waals surface area contributed by atoms with Crippen molar-refractivity contribution in [3.63, 3.8) is 0 Å². The van der Waals surface area contributed by atoms with Crippen molar-refractivity contribution < 1.29 is 4.79 Å². The number of hydrogen-bond donors (Lipinski definition) is 2. The lowest BCUT2D eigenvalue weighted by Gasteiger charge is -2.14. The lowest BCUT2D eigenvalue weighted by atomic mass is 10.1.